The fourth-order valence-electron chi connectivity index (χ4n) is 4.98. The first-order valence-electron chi connectivity index (χ1n) is 13.0. The number of pyridine rings is 2. The number of nitrogens with one attached hydrogen (secondary N) is 1. The lowest BCUT2D eigenvalue weighted by Crippen LogP contribution is -2.50. The van der Waals surface area contributed by atoms with Gasteiger partial charge in [-0.1, -0.05) is 33.3 Å². The largest absolute Gasteiger partial charge is 0.369 e. The molecule has 3 heterocycles. The number of rotatable bonds is 11. The van der Waals surface area contributed by atoms with E-state index < -0.39 is 23.8 Å². The number of nitrogens with zero attached hydrogens (tertiary/aromatic N) is 3. The quantitative estimate of drug-likeness (QED) is 0.495. The van der Waals surface area contributed by atoms with Gasteiger partial charge in [-0.05, 0) is 55.7 Å². The molecule has 3 amide bonds. The van der Waals surface area contributed by atoms with Crippen molar-refractivity contribution in [1.82, 2.24) is 20.2 Å². The van der Waals surface area contributed by atoms with Crippen molar-refractivity contribution in [2.75, 3.05) is 6.54 Å². The minimum absolute atomic E-state index is 0.0953. The first-order valence-corrected chi connectivity index (χ1v) is 13.0. The molecule has 0 spiro atoms. The summed E-state index contributed by atoms with van der Waals surface area (Å²) in [5, 5.41) is 3.00. The van der Waals surface area contributed by atoms with Crippen LogP contribution in [0.2, 0.25) is 0 Å². The number of amides is 3. The van der Waals surface area contributed by atoms with Crippen LogP contribution in [0, 0.1) is 17.8 Å². The van der Waals surface area contributed by atoms with Gasteiger partial charge in [0.2, 0.25) is 17.7 Å². The van der Waals surface area contributed by atoms with Gasteiger partial charge in [0, 0.05) is 60.8 Å². The van der Waals surface area contributed by atoms with E-state index in [0.717, 1.165) is 36.0 Å². The van der Waals surface area contributed by atoms with Gasteiger partial charge in [0.15, 0.2) is 0 Å². The highest BCUT2D eigenvalue weighted by Crippen LogP contribution is 2.26. The van der Waals surface area contributed by atoms with Gasteiger partial charge in [-0.15, -0.1) is 0 Å². The number of aromatic nitrogens is 2. The van der Waals surface area contributed by atoms with Gasteiger partial charge in [0.05, 0.1) is 0 Å². The van der Waals surface area contributed by atoms with E-state index >= 15 is 0 Å². The molecule has 0 bridgehead atoms. The molecule has 194 valence electrons. The maximum absolute atomic E-state index is 13.5. The first kappa shape index (κ1) is 27.3. The summed E-state index contributed by atoms with van der Waals surface area (Å²) in [4.78, 5) is 49.4. The highest BCUT2D eigenvalue weighted by atomic mass is 16.2. The summed E-state index contributed by atoms with van der Waals surface area (Å²) >= 11 is 0. The fourth-order valence-corrected chi connectivity index (χ4v) is 4.98. The SMILES string of the molecule is CCC[C@H](C(N)=O)[C@@H](CC(C)C)C(=O)N[C@H]1CCCCN(Cc2cncc(-c3cccnc3)c2)C1=O. The maximum atomic E-state index is 13.5. The highest BCUT2D eigenvalue weighted by molar-refractivity contribution is 5.91. The highest BCUT2D eigenvalue weighted by Gasteiger charge is 2.35. The van der Waals surface area contributed by atoms with Crippen LogP contribution in [0.5, 0.6) is 0 Å². The minimum Gasteiger partial charge on any atom is -0.369 e. The van der Waals surface area contributed by atoms with E-state index in [1.54, 1.807) is 29.7 Å². The Bertz CT molecular complexity index is 1030. The summed E-state index contributed by atoms with van der Waals surface area (Å²) in [6.45, 7) is 7.07. The minimum atomic E-state index is -0.612. The Hall–Kier alpha value is -3.29. The molecule has 0 unspecified atom stereocenters. The van der Waals surface area contributed by atoms with Gasteiger partial charge < -0.3 is 16.0 Å². The zero-order valence-electron chi connectivity index (χ0n) is 21.7. The molecule has 1 fully saturated rings. The van der Waals surface area contributed by atoms with Crippen molar-refractivity contribution >= 4 is 17.7 Å². The molecule has 3 rings (SSSR count). The molecule has 8 heteroatoms. The summed E-state index contributed by atoms with van der Waals surface area (Å²) in [5.41, 5.74) is 8.51. The molecule has 0 aliphatic carbocycles. The molecule has 8 nitrogen and oxygen atoms in total. The molecule has 0 aromatic carbocycles. The molecule has 1 saturated heterocycles. The second-order valence-electron chi connectivity index (χ2n) is 10.2. The van der Waals surface area contributed by atoms with Crippen molar-refractivity contribution < 1.29 is 14.4 Å². The molecule has 2 aromatic rings. The van der Waals surface area contributed by atoms with Crippen molar-refractivity contribution in [3.8, 4) is 11.1 Å². The Morgan fingerprint density at radius 1 is 1.14 bits per heavy atom. The smallest absolute Gasteiger partial charge is 0.245 e. The van der Waals surface area contributed by atoms with Crippen LogP contribution in [0.3, 0.4) is 0 Å². The van der Waals surface area contributed by atoms with Gasteiger partial charge in [0.1, 0.15) is 6.04 Å². The monoisotopic (exact) mass is 493 g/mol. The van der Waals surface area contributed by atoms with Crippen LogP contribution in [-0.4, -0.2) is 45.2 Å². The Kier molecular flexibility index (Phi) is 9.96. The first-order chi connectivity index (χ1) is 17.3. The van der Waals surface area contributed by atoms with Crippen LogP contribution in [0.25, 0.3) is 11.1 Å². The van der Waals surface area contributed by atoms with Gasteiger partial charge in [0.25, 0.3) is 0 Å². The molecule has 0 saturated carbocycles. The van der Waals surface area contributed by atoms with E-state index in [1.807, 2.05) is 39.0 Å². The van der Waals surface area contributed by atoms with Gasteiger partial charge in [-0.2, -0.15) is 0 Å². The van der Waals surface area contributed by atoms with Crippen LogP contribution in [0.15, 0.2) is 43.0 Å². The van der Waals surface area contributed by atoms with E-state index in [0.29, 0.717) is 32.4 Å². The molecular weight excluding hydrogens is 454 g/mol. The molecule has 2 aromatic heterocycles. The fraction of sp³-hybridized carbons (Fsp3) is 0.536. The molecular formula is C28H39N5O3. The summed E-state index contributed by atoms with van der Waals surface area (Å²) in [6, 6.07) is 5.27. The second-order valence-corrected chi connectivity index (χ2v) is 10.2. The topological polar surface area (TPSA) is 118 Å². The van der Waals surface area contributed by atoms with Crippen LogP contribution < -0.4 is 11.1 Å². The Morgan fingerprint density at radius 2 is 1.92 bits per heavy atom. The summed E-state index contributed by atoms with van der Waals surface area (Å²) < 4.78 is 0. The van der Waals surface area contributed by atoms with E-state index in [-0.39, 0.29) is 17.7 Å². The predicted octanol–water partition coefficient (Wildman–Crippen LogP) is 3.70. The lowest BCUT2D eigenvalue weighted by molar-refractivity contribution is -0.139. The van der Waals surface area contributed by atoms with Crippen LogP contribution >= 0.6 is 0 Å². The lowest BCUT2D eigenvalue weighted by atomic mass is 9.81. The van der Waals surface area contributed by atoms with Gasteiger partial charge in [-0.25, -0.2) is 0 Å². The summed E-state index contributed by atoms with van der Waals surface area (Å²) in [7, 11) is 0. The average Bonchev–Trinajstić information content (AvgIpc) is 3.03. The van der Waals surface area contributed by atoms with Crippen LogP contribution in [0.4, 0.5) is 0 Å². The molecule has 3 atom stereocenters. The number of nitrogens with two attached hydrogens (primary N) is 1. The van der Waals surface area contributed by atoms with E-state index in [1.165, 1.54) is 0 Å². The Balaban J connectivity index is 1.74. The third-order valence-corrected chi connectivity index (χ3v) is 6.77. The van der Waals surface area contributed by atoms with Crippen LogP contribution in [-0.2, 0) is 20.9 Å². The number of primary amides is 1. The molecule has 3 N–H and O–H groups in total. The predicted molar refractivity (Wildman–Crippen MR) is 139 cm³/mol. The maximum Gasteiger partial charge on any atom is 0.245 e. The number of hydrogen-bond acceptors (Lipinski definition) is 5. The Morgan fingerprint density at radius 3 is 2.58 bits per heavy atom. The zero-order chi connectivity index (χ0) is 26.1. The number of likely N-dealkylation sites (tertiary alicyclic amines) is 1. The molecule has 1 aliphatic heterocycles. The van der Waals surface area contributed by atoms with Crippen molar-refractivity contribution in [3.05, 3.63) is 48.5 Å². The molecule has 36 heavy (non-hydrogen) atoms. The molecule has 1 aliphatic rings. The summed E-state index contributed by atoms with van der Waals surface area (Å²) in [5.74, 6) is -1.64. The number of carbonyl (C=O) groups is 3. The molecule has 0 radical (unpaired) electrons. The van der Waals surface area contributed by atoms with Crippen molar-refractivity contribution in [2.45, 2.75) is 71.9 Å². The second kappa shape index (κ2) is 13.1. The normalized spacial score (nSPS) is 17.9. The Labute approximate surface area is 214 Å². The van der Waals surface area contributed by atoms with E-state index in [2.05, 4.69) is 15.3 Å². The number of hydrogen-bond donors (Lipinski definition) is 2. The van der Waals surface area contributed by atoms with E-state index in [4.69, 9.17) is 5.73 Å². The van der Waals surface area contributed by atoms with E-state index in [9.17, 15) is 14.4 Å². The average molecular weight is 494 g/mol. The zero-order valence-corrected chi connectivity index (χ0v) is 21.7. The van der Waals surface area contributed by atoms with Gasteiger partial charge >= 0.3 is 0 Å². The third-order valence-electron chi connectivity index (χ3n) is 6.77. The van der Waals surface area contributed by atoms with Crippen LogP contribution in [0.1, 0.15) is 64.9 Å². The van der Waals surface area contributed by atoms with Crippen molar-refractivity contribution in [1.29, 1.82) is 0 Å². The van der Waals surface area contributed by atoms with Crippen molar-refractivity contribution in [3.63, 3.8) is 0 Å². The van der Waals surface area contributed by atoms with Gasteiger partial charge in [-0.3, -0.25) is 24.4 Å². The standard InChI is InChI=1S/C28H39N5O3/c1-4-8-23(26(29)34)24(13-19(2)3)27(35)32-25-10-5-6-12-33(28(25)36)18-20-14-22(17-31-15-20)21-9-7-11-30-16-21/h7,9,11,14-17,19,23-25H,4-6,8,10,12-13,18H2,1-3H3,(H2,29,34)(H,32,35)/t23-,24+,25-/m0/s1. The van der Waals surface area contributed by atoms with Crippen molar-refractivity contribution in [2.24, 2.45) is 23.5 Å². The summed E-state index contributed by atoms with van der Waals surface area (Å²) in [6.07, 6.45) is 11.2. The number of carbonyl (C=O) groups excluding carboxylic acids is 3. The lowest BCUT2D eigenvalue weighted by Gasteiger charge is -2.29. The third kappa shape index (κ3) is 7.35.